The average Bonchev–Trinajstić information content (AvgIpc) is 2.33. The van der Waals surface area contributed by atoms with Crippen LogP contribution in [-0.4, -0.2) is 31.7 Å². The van der Waals surface area contributed by atoms with E-state index in [-0.39, 0.29) is 22.3 Å². The first-order valence-corrected chi connectivity index (χ1v) is 9.09. The van der Waals surface area contributed by atoms with E-state index >= 15 is 0 Å². The molecule has 0 aliphatic heterocycles. The molecule has 1 aromatic carbocycles. The maximum Gasteiger partial charge on any atom is 0.244 e. The monoisotopic (exact) mass is 387 g/mol. The molecule has 0 saturated heterocycles. The van der Waals surface area contributed by atoms with E-state index in [2.05, 4.69) is 15.9 Å². The molecule has 0 saturated carbocycles. The Labute approximate surface area is 133 Å². The average molecular weight is 389 g/mol. The van der Waals surface area contributed by atoms with Crippen LogP contribution in [0, 0.1) is 0 Å². The zero-order valence-corrected chi connectivity index (χ0v) is 14.5. The molecule has 0 atom stereocenters. The molecular formula is C12H16BrCl2NO2S. The number of unbranched alkanes of at least 4 members (excludes halogenated alkanes) is 1. The van der Waals surface area contributed by atoms with Crippen molar-refractivity contribution in [2.45, 2.75) is 24.7 Å². The fraction of sp³-hybridized carbons (Fsp3) is 0.500. The summed E-state index contributed by atoms with van der Waals surface area (Å²) in [5.74, 6) is 0.261. The van der Waals surface area contributed by atoms with Gasteiger partial charge >= 0.3 is 0 Å². The molecule has 19 heavy (non-hydrogen) atoms. The minimum Gasteiger partial charge on any atom is -0.207 e. The van der Waals surface area contributed by atoms with Crippen LogP contribution < -0.4 is 0 Å². The van der Waals surface area contributed by atoms with Crippen molar-refractivity contribution in [3.63, 3.8) is 0 Å². The number of halogens is 3. The van der Waals surface area contributed by atoms with Gasteiger partial charge in [0.1, 0.15) is 4.90 Å². The van der Waals surface area contributed by atoms with E-state index < -0.39 is 10.0 Å². The predicted molar refractivity (Wildman–Crippen MR) is 83.5 cm³/mol. The van der Waals surface area contributed by atoms with Gasteiger partial charge in [0, 0.05) is 23.4 Å². The highest BCUT2D eigenvalue weighted by molar-refractivity contribution is 9.10. The van der Waals surface area contributed by atoms with Crippen LogP contribution in [0.1, 0.15) is 19.8 Å². The van der Waals surface area contributed by atoms with Crippen LogP contribution in [0.4, 0.5) is 0 Å². The molecule has 7 heteroatoms. The number of benzene rings is 1. The van der Waals surface area contributed by atoms with Crippen LogP contribution in [0.5, 0.6) is 0 Å². The Balaban J connectivity index is 3.11. The normalized spacial score (nSPS) is 12.1. The fourth-order valence-electron chi connectivity index (χ4n) is 1.60. The standard InChI is InChI=1S/C12H16BrCl2NO2S/c1-2-3-7-16(8-6-14)19(17,18)12-5-4-10(13)9-11(12)15/h4-5,9H,2-3,6-8H2,1H3. The Bertz CT molecular complexity index is 522. The Hall–Kier alpha value is 0.190. The van der Waals surface area contributed by atoms with E-state index in [9.17, 15) is 8.42 Å². The summed E-state index contributed by atoms with van der Waals surface area (Å²) in [6.45, 7) is 2.76. The summed E-state index contributed by atoms with van der Waals surface area (Å²) in [6, 6.07) is 4.75. The third-order valence-corrected chi connectivity index (χ3v) is 5.65. The molecule has 0 amide bonds. The van der Waals surface area contributed by atoms with Gasteiger partial charge in [0.2, 0.25) is 10.0 Å². The van der Waals surface area contributed by atoms with Crippen LogP contribution in [-0.2, 0) is 10.0 Å². The number of hydrogen-bond acceptors (Lipinski definition) is 2. The molecule has 0 unspecified atom stereocenters. The molecule has 0 radical (unpaired) electrons. The summed E-state index contributed by atoms with van der Waals surface area (Å²) in [4.78, 5) is 0.124. The summed E-state index contributed by atoms with van der Waals surface area (Å²) in [5, 5.41) is 0.213. The van der Waals surface area contributed by atoms with Gasteiger partial charge < -0.3 is 0 Å². The lowest BCUT2D eigenvalue weighted by atomic mass is 10.3. The molecule has 0 aromatic heterocycles. The number of alkyl halides is 1. The van der Waals surface area contributed by atoms with Crippen molar-refractivity contribution in [1.82, 2.24) is 4.31 Å². The van der Waals surface area contributed by atoms with Gasteiger partial charge in [-0.2, -0.15) is 4.31 Å². The topological polar surface area (TPSA) is 37.4 Å². The summed E-state index contributed by atoms with van der Waals surface area (Å²) < 4.78 is 27.2. The number of nitrogens with zero attached hydrogens (tertiary/aromatic N) is 1. The third-order valence-electron chi connectivity index (χ3n) is 2.61. The van der Waals surface area contributed by atoms with Crippen molar-refractivity contribution < 1.29 is 8.42 Å². The zero-order valence-electron chi connectivity index (χ0n) is 10.6. The highest BCUT2D eigenvalue weighted by Gasteiger charge is 2.25. The molecule has 1 rings (SSSR count). The molecule has 0 fully saturated rings. The lowest BCUT2D eigenvalue weighted by Gasteiger charge is -2.21. The van der Waals surface area contributed by atoms with E-state index in [0.29, 0.717) is 6.54 Å². The van der Waals surface area contributed by atoms with Gasteiger partial charge in [-0.3, -0.25) is 0 Å². The van der Waals surface area contributed by atoms with E-state index in [4.69, 9.17) is 23.2 Å². The first kappa shape index (κ1) is 17.2. The second-order valence-electron chi connectivity index (χ2n) is 4.02. The minimum atomic E-state index is -3.59. The van der Waals surface area contributed by atoms with E-state index in [1.54, 1.807) is 12.1 Å². The van der Waals surface area contributed by atoms with Crippen LogP contribution in [0.15, 0.2) is 27.6 Å². The Kier molecular flexibility index (Phi) is 7.11. The van der Waals surface area contributed by atoms with Crippen LogP contribution in [0.25, 0.3) is 0 Å². The van der Waals surface area contributed by atoms with Crippen LogP contribution in [0.3, 0.4) is 0 Å². The summed E-state index contributed by atoms with van der Waals surface area (Å²) in [6.07, 6.45) is 1.71. The maximum atomic E-state index is 12.5. The lowest BCUT2D eigenvalue weighted by molar-refractivity contribution is 0.420. The Morgan fingerprint density at radius 1 is 1.32 bits per heavy atom. The quantitative estimate of drug-likeness (QED) is 0.658. The van der Waals surface area contributed by atoms with Crippen molar-refractivity contribution in [3.8, 4) is 0 Å². The number of rotatable bonds is 7. The van der Waals surface area contributed by atoms with Crippen molar-refractivity contribution >= 4 is 49.2 Å². The highest BCUT2D eigenvalue weighted by atomic mass is 79.9. The minimum absolute atomic E-state index is 0.124. The molecule has 3 nitrogen and oxygen atoms in total. The molecule has 0 bridgehead atoms. The second-order valence-corrected chi connectivity index (χ2v) is 7.63. The molecule has 108 valence electrons. The van der Waals surface area contributed by atoms with Crippen molar-refractivity contribution in [3.05, 3.63) is 27.7 Å². The van der Waals surface area contributed by atoms with Gasteiger partial charge in [-0.1, -0.05) is 40.9 Å². The van der Waals surface area contributed by atoms with Crippen molar-refractivity contribution in [1.29, 1.82) is 0 Å². The van der Waals surface area contributed by atoms with Gasteiger partial charge in [-0.15, -0.1) is 11.6 Å². The summed E-state index contributed by atoms with van der Waals surface area (Å²) in [7, 11) is -3.59. The van der Waals surface area contributed by atoms with E-state index in [0.717, 1.165) is 17.3 Å². The molecule has 1 aromatic rings. The molecule has 0 N–H and O–H groups in total. The number of sulfonamides is 1. The first-order valence-electron chi connectivity index (χ1n) is 5.94. The van der Waals surface area contributed by atoms with Gasteiger partial charge in [0.15, 0.2) is 0 Å². The van der Waals surface area contributed by atoms with Crippen molar-refractivity contribution in [2.24, 2.45) is 0 Å². The summed E-state index contributed by atoms with van der Waals surface area (Å²) >= 11 is 15.0. The van der Waals surface area contributed by atoms with Crippen molar-refractivity contribution in [2.75, 3.05) is 19.0 Å². The molecular weight excluding hydrogens is 373 g/mol. The molecule has 0 spiro atoms. The van der Waals surface area contributed by atoms with Gasteiger partial charge in [0.05, 0.1) is 5.02 Å². The first-order chi connectivity index (χ1) is 8.93. The predicted octanol–water partition coefficient (Wildman–Crippen LogP) is 4.13. The maximum absolute atomic E-state index is 12.5. The molecule has 0 aliphatic carbocycles. The second kappa shape index (κ2) is 7.84. The smallest absolute Gasteiger partial charge is 0.207 e. The third kappa shape index (κ3) is 4.60. The van der Waals surface area contributed by atoms with E-state index in [1.165, 1.54) is 10.4 Å². The lowest BCUT2D eigenvalue weighted by Crippen LogP contribution is -2.33. The van der Waals surface area contributed by atoms with Gasteiger partial charge in [-0.25, -0.2) is 8.42 Å². The fourth-order valence-corrected chi connectivity index (χ4v) is 4.40. The Morgan fingerprint density at radius 2 is 2.00 bits per heavy atom. The highest BCUT2D eigenvalue weighted by Crippen LogP contribution is 2.27. The molecule has 0 aliphatic rings. The van der Waals surface area contributed by atoms with E-state index in [1.807, 2.05) is 6.92 Å². The van der Waals surface area contributed by atoms with Gasteiger partial charge in [-0.05, 0) is 24.6 Å². The van der Waals surface area contributed by atoms with Crippen LogP contribution >= 0.6 is 39.1 Å². The van der Waals surface area contributed by atoms with Crippen LogP contribution in [0.2, 0.25) is 5.02 Å². The Morgan fingerprint density at radius 3 is 2.53 bits per heavy atom. The SMILES string of the molecule is CCCCN(CCCl)S(=O)(=O)c1ccc(Br)cc1Cl. The number of hydrogen-bond donors (Lipinski definition) is 0. The summed E-state index contributed by atoms with van der Waals surface area (Å²) in [5.41, 5.74) is 0. The molecule has 0 heterocycles. The zero-order chi connectivity index (χ0) is 14.5. The largest absolute Gasteiger partial charge is 0.244 e. The van der Waals surface area contributed by atoms with Gasteiger partial charge in [0.25, 0.3) is 0 Å².